The molecule has 0 radical (unpaired) electrons. The highest BCUT2D eigenvalue weighted by atomic mass is 32.2. The smallest absolute Gasteiger partial charge is 0.235 e. The topological polar surface area (TPSA) is 75.7 Å². The van der Waals surface area contributed by atoms with Crippen molar-refractivity contribution in [2.24, 2.45) is 0 Å². The number of amides is 1. The summed E-state index contributed by atoms with van der Waals surface area (Å²) in [6, 6.07) is 0. The number of hydrogen-bond donors (Lipinski definition) is 1. The SMILES string of the molecule is CC(C)OCCCNC(=O)CN(C)S(C)(=O)=O. The first-order valence-corrected chi connectivity index (χ1v) is 7.38. The molecule has 102 valence electrons. The summed E-state index contributed by atoms with van der Waals surface area (Å²) in [5, 5.41) is 2.63. The highest BCUT2D eigenvalue weighted by Gasteiger charge is 2.14. The van der Waals surface area contributed by atoms with Crippen molar-refractivity contribution in [3.05, 3.63) is 0 Å². The zero-order valence-electron chi connectivity index (χ0n) is 10.9. The number of ether oxygens (including phenoxy) is 1. The Bertz CT molecular complexity index is 327. The molecule has 0 heterocycles. The highest BCUT2D eigenvalue weighted by Crippen LogP contribution is 1.92. The number of nitrogens with one attached hydrogen (secondary N) is 1. The minimum Gasteiger partial charge on any atom is -0.379 e. The van der Waals surface area contributed by atoms with Crippen LogP contribution in [0, 0.1) is 0 Å². The van der Waals surface area contributed by atoms with Crippen molar-refractivity contribution in [1.82, 2.24) is 9.62 Å². The molecule has 7 heteroatoms. The molecule has 1 N–H and O–H groups in total. The molecule has 0 atom stereocenters. The largest absolute Gasteiger partial charge is 0.379 e. The molecule has 0 aliphatic rings. The molecule has 0 spiro atoms. The van der Waals surface area contributed by atoms with Crippen molar-refractivity contribution in [1.29, 1.82) is 0 Å². The van der Waals surface area contributed by atoms with Crippen LogP contribution < -0.4 is 5.32 Å². The van der Waals surface area contributed by atoms with E-state index in [1.165, 1.54) is 7.05 Å². The van der Waals surface area contributed by atoms with E-state index in [-0.39, 0.29) is 18.6 Å². The summed E-state index contributed by atoms with van der Waals surface area (Å²) in [6.07, 6.45) is 1.96. The van der Waals surface area contributed by atoms with E-state index in [0.29, 0.717) is 19.6 Å². The number of sulfonamides is 1. The lowest BCUT2D eigenvalue weighted by molar-refractivity contribution is -0.121. The Kier molecular flexibility index (Phi) is 7.33. The second-order valence-corrected chi connectivity index (χ2v) is 6.23. The van der Waals surface area contributed by atoms with Gasteiger partial charge in [-0.2, -0.15) is 4.31 Å². The molecule has 0 rings (SSSR count). The van der Waals surface area contributed by atoms with Gasteiger partial charge in [0.1, 0.15) is 0 Å². The Morgan fingerprint density at radius 1 is 1.41 bits per heavy atom. The molecule has 0 aliphatic heterocycles. The van der Waals surface area contributed by atoms with Crippen LogP contribution in [0.15, 0.2) is 0 Å². The Morgan fingerprint density at radius 2 is 2.00 bits per heavy atom. The molecule has 0 aromatic rings. The summed E-state index contributed by atoms with van der Waals surface area (Å²) in [6.45, 7) is 4.81. The standard InChI is InChI=1S/C10H22N2O4S/c1-9(2)16-7-5-6-11-10(13)8-12(3)17(4,14)15/h9H,5-8H2,1-4H3,(H,11,13). The minimum absolute atomic E-state index is 0.149. The molecule has 1 amide bonds. The summed E-state index contributed by atoms with van der Waals surface area (Å²) < 4.78 is 28.4. The van der Waals surface area contributed by atoms with Crippen LogP contribution in [0.25, 0.3) is 0 Å². The predicted molar refractivity (Wildman–Crippen MR) is 66.2 cm³/mol. The number of likely N-dealkylation sites (N-methyl/N-ethyl adjacent to an activating group) is 1. The molecular formula is C10H22N2O4S. The van der Waals surface area contributed by atoms with Crippen LogP contribution in [-0.4, -0.2) is 57.7 Å². The maximum Gasteiger partial charge on any atom is 0.235 e. The summed E-state index contributed by atoms with van der Waals surface area (Å²) in [4.78, 5) is 11.3. The van der Waals surface area contributed by atoms with E-state index in [2.05, 4.69) is 5.32 Å². The number of rotatable bonds is 8. The van der Waals surface area contributed by atoms with Gasteiger partial charge in [0.25, 0.3) is 0 Å². The van der Waals surface area contributed by atoms with Gasteiger partial charge in [0.2, 0.25) is 15.9 Å². The fourth-order valence-corrected chi connectivity index (χ4v) is 1.35. The van der Waals surface area contributed by atoms with E-state index >= 15 is 0 Å². The quantitative estimate of drug-likeness (QED) is 0.618. The molecule has 0 saturated heterocycles. The Hall–Kier alpha value is -0.660. The van der Waals surface area contributed by atoms with Crippen LogP contribution >= 0.6 is 0 Å². The summed E-state index contributed by atoms with van der Waals surface area (Å²) in [5.74, 6) is -0.303. The van der Waals surface area contributed by atoms with Gasteiger partial charge in [0.05, 0.1) is 18.9 Å². The molecule has 0 bridgehead atoms. The van der Waals surface area contributed by atoms with Crippen LogP contribution in [0.4, 0.5) is 0 Å². The zero-order valence-corrected chi connectivity index (χ0v) is 11.7. The van der Waals surface area contributed by atoms with Crippen molar-refractivity contribution >= 4 is 15.9 Å². The number of carbonyl (C=O) groups excluding carboxylic acids is 1. The fraction of sp³-hybridized carbons (Fsp3) is 0.900. The molecule has 0 aromatic carbocycles. The van der Waals surface area contributed by atoms with Crippen LogP contribution in [0.2, 0.25) is 0 Å². The second kappa shape index (κ2) is 7.62. The normalized spacial score (nSPS) is 12.1. The Labute approximate surface area is 103 Å². The van der Waals surface area contributed by atoms with Gasteiger partial charge in [0, 0.05) is 20.2 Å². The molecule has 17 heavy (non-hydrogen) atoms. The van der Waals surface area contributed by atoms with E-state index in [1.54, 1.807) is 0 Å². The second-order valence-electron chi connectivity index (χ2n) is 4.14. The highest BCUT2D eigenvalue weighted by molar-refractivity contribution is 7.88. The Balaban J connectivity index is 3.67. The third kappa shape index (κ3) is 9.08. The zero-order chi connectivity index (χ0) is 13.5. The minimum atomic E-state index is -3.30. The van der Waals surface area contributed by atoms with Crippen molar-refractivity contribution in [3.8, 4) is 0 Å². The summed E-state index contributed by atoms with van der Waals surface area (Å²) in [5.41, 5.74) is 0. The van der Waals surface area contributed by atoms with Crippen molar-refractivity contribution in [2.45, 2.75) is 26.4 Å². The first-order valence-electron chi connectivity index (χ1n) is 5.53. The van der Waals surface area contributed by atoms with Gasteiger partial charge in [-0.05, 0) is 20.3 Å². The van der Waals surface area contributed by atoms with Gasteiger partial charge < -0.3 is 10.1 Å². The third-order valence-corrected chi connectivity index (χ3v) is 3.29. The summed E-state index contributed by atoms with van der Waals surface area (Å²) >= 11 is 0. The molecule has 6 nitrogen and oxygen atoms in total. The molecule has 0 unspecified atom stereocenters. The maximum atomic E-state index is 11.3. The van der Waals surface area contributed by atoms with E-state index < -0.39 is 10.0 Å². The van der Waals surface area contributed by atoms with E-state index in [1.807, 2.05) is 13.8 Å². The van der Waals surface area contributed by atoms with Crippen LogP contribution in [0.1, 0.15) is 20.3 Å². The molecule has 0 saturated carbocycles. The van der Waals surface area contributed by atoms with Crippen LogP contribution in [0.5, 0.6) is 0 Å². The summed E-state index contributed by atoms with van der Waals surface area (Å²) in [7, 11) is -1.92. The van der Waals surface area contributed by atoms with Gasteiger partial charge in [-0.1, -0.05) is 0 Å². The van der Waals surface area contributed by atoms with Gasteiger partial charge >= 0.3 is 0 Å². The van der Waals surface area contributed by atoms with Crippen molar-refractivity contribution in [3.63, 3.8) is 0 Å². The molecule has 0 aliphatic carbocycles. The fourth-order valence-electron chi connectivity index (χ4n) is 0.994. The van der Waals surface area contributed by atoms with Crippen LogP contribution in [0.3, 0.4) is 0 Å². The van der Waals surface area contributed by atoms with Crippen molar-refractivity contribution in [2.75, 3.05) is 33.0 Å². The van der Waals surface area contributed by atoms with Gasteiger partial charge in [-0.15, -0.1) is 0 Å². The molecular weight excluding hydrogens is 244 g/mol. The van der Waals surface area contributed by atoms with E-state index in [9.17, 15) is 13.2 Å². The average molecular weight is 266 g/mol. The van der Waals surface area contributed by atoms with Crippen LogP contribution in [-0.2, 0) is 19.6 Å². The van der Waals surface area contributed by atoms with E-state index in [4.69, 9.17) is 4.74 Å². The van der Waals surface area contributed by atoms with E-state index in [0.717, 1.165) is 10.6 Å². The van der Waals surface area contributed by atoms with Gasteiger partial charge in [-0.3, -0.25) is 4.79 Å². The predicted octanol–water partition coefficient (Wildman–Crippen LogP) is -0.191. The number of nitrogens with zero attached hydrogens (tertiary/aromatic N) is 1. The van der Waals surface area contributed by atoms with Crippen molar-refractivity contribution < 1.29 is 17.9 Å². The average Bonchev–Trinajstić information content (AvgIpc) is 2.15. The van der Waals surface area contributed by atoms with Gasteiger partial charge in [0.15, 0.2) is 0 Å². The molecule has 0 aromatic heterocycles. The lowest BCUT2D eigenvalue weighted by Crippen LogP contribution is -2.38. The monoisotopic (exact) mass is 266 g/mol. The lowest BCUT2D eigenvalue weighted by atomic mass is 10.4. The lowest BCUT2D eigenvalue weighted by Gasteiger charge is -2.13. The van der Waals surface area contributed by atoms with Gasteiger partial charge in [-0.25, -0.2) is 8.42 Å². The first kappa shape index (κ1) is 16.3. The number of carbonyl (C=O) groups is 1. The third-order valence-electron chi connectivity index (χ3n) is 2.03. The molecule has 0 fully saturated rings. The maximum absolute atomic E-state index is 11.3. The number of hydrogen-bond acceptors (Lipinski definition) is 4. The first-order chi connectivity index (χ1) is 7.73. The Morgan fingerprint density at radius 3 is 2.47 bits per heavy atom.